The van der Waals surface area contributed by atoms with Gasteiger partial charge >= 0.3 is 0 Å². The molecule has 0 amide bonds. The van der Waals surface area contributed by atoms with Crippen LogP contribution in [0.4, 0.5) is 5.69 Å². The number of nitro groups is 1. The van der Waals surface area contributed by atoms with Gasteiger partial charge < -0.3 is 4.43 Å². The first-order chi connectivity index (χ1) is 9.56. The van der Waals surface area contributed by atoms with Gasteiger partial charge in [0.1, 0.15) is 5.75 Å². The number of rotatable bonds is 9. The van der Waals surface area contributed by atoms with Crippen LogP contribution in [0.3, 0.4) is 0 Å². The van der Waals surface area contributed by atoms with Crippen LogP contribution in [0.1, 0.15) is 40.0 Å². The minimum absolute atomic E-state index is 0.117. The number of hydrogen-bond acceptors (Lipinski definition) is 3. The lowest BCUT2D eigenvalue weighted by Crippen LogP contribution is -2.41. The van der Waals surface area contributed by atoms with Crippen LogP contribution in [0.15, 0.2) is 24.3 Å². The Labute approximate surface area is 122 Å². The van der Waals surface area contributed by atoms with Crippen molar-refractivity contribution in [1.82, 2.24) is 0 Å². The number of hydrogen-bond donors (Lipinski definition) is 0. The molecule has 5 heteroatoms. The summed E-state index contributed by atoms with van der Waals surface area (Å²) in [5.41, 5.74) is 0.117. The van der Waals surface area contributed by atoms with E-state index in [2.05, 4.69) is 20.8 Å². The van der Waals surface area contributed by atoms with Gasteiger partial charge in [0.25, 0.3) is 14.0 Å². The molecule has 1 rings (SSSR count). The van der Waals surface area contributed by atoms with Gasteiger partial charge in [-0.05, 0) is 30.3 Å². The molecule has 0 aromatic heterocycles. The second kappa shape index (κ2) is 8.04. The van der Waals surface area contributed by atoms with Crippen LogP contribution in [0, 0.1) is 10.1 Å². The smallest absolute Gasteiger partial charge is 0.269 e. The summed E-state index contributed by atoms with van der Waals surface area (Å²) in [6.07, 6.45) is 3.41. The van der Waals surface area contributed by atoms with Crippen LogP contribution in [0.5, 0.6) is 5.75 Å². The van der Waals surface area contributed by atoms with Gasteiger partial charge in [0.15, 0.2) is 0 Å². The minimum Gasteiger partial charge on any atom is -0.543 e. The zero-order valence-corrected chi connectivity index (χ0v) is 13.7. The van der Waals surface area contributed by atoms with Crippen molar-refractivity contribution < 1.29 is 9.35 Å². The molecule has 0 atom stereocenters. The molecule has 112 valence electrons. The third kappa shape index (κ3) is 4.63. The van der Waals surface area contributed by atoms with E-state index in [1.165, 1.54) is 12.1 Å². The molecule has 0 aliphatic carbocycles. The summed E-state index contributed by atoms with van der Waals surface area (Å²) in [6, 6.07) is 10.0. The fraction of sp³-hybridized carbons (Fsp3) is 0.600. The van der Waals surface area contributed by atoms with E-state index in [1.54, 1.807) is 12.1 Å². The molecule has 1 aromatic rings. The SMILES string of the molecule is CCC[Si](CCC)(CCC)Oc1ccc([N+](=O)[O-])cc1. The Morgan fingerprint density at radius 1 is 1.00 bits per heavy atom. The van der Waals surface area contributed by atoms with Gasteiger partial charge in [-0.2, -0.15) is 0 Å². The maximum Gasteiger partial charge on any atom is 0.269 e. The van der Waals surface area contributed by atoms with Crippen LogP contribution < -0.4 is 4.43 Å². The van der Waals surface area contributed by atoms with Crippen molar-refractivity contribution in [3.8, 4) is 5.75 Å². The summed E-state index contributed by atoms with van der Waals surface area (Å²) in [7, 11) is -1.75. The number of benzene rings is 1. The second-order valence-corrected chi connectivity index (χ2v) is 9.36. The lowest BCUT2D eigenvalue weighted by atomic mass is 10.3. The monoisotopic (exact) mass is 295 g/mol. The van der Waals surface area contributed by atoms with E-state index in [4.69, 9.17) is 4.43 Å². The molecule has 0 saturated carbocycles. The molecule has 0 fully saturated rings. The van der Waals surface area contributed by atoms with Gasteiger partial charge in [0, 0.05) is 12.1 Å². The normalized spacial score (nSPS) is 11.3. The zero-order valence-electron chi connectivity index (χ0n) is 12.7. The maximum absolute atomic E-state index is 10.7. The molecule has 0 heterocycles. The Morgan fingerprint density at radius 3 is 1.80 bits per heavy atom. The standard InChI is InChI=1S/C15H25NO3Si/c1-4-11-20(12-5-2,13-6-3)19-15-9-7-14(8-10-15)16(17)18/h7-10H,4-6,11-13H2,1-3H3. The molecule has 0 saturated heterocycles. The van der Waals surface area contributed by atoms with Crippen molar-refractivity contribution in [1.29, 1.82) is 0 Å². The van der Waals surface area contributed by atoms with E-state index in [1.807, 2.05) is 0 Å². The first-order valence-electron chi connectivity index (χ1n) is 7.50. The van der Waals surface area contributed by atoms with E-state index in [0.717, 1.165) is 43.1 Å². The van der Waals surface area contributed by atoms with Gasteiger partial charge in [-0.15, -0.1) is 0 Å². The topological polar surface area (TPSA) is 52.4 Å². The van der Waals surface area contributed by atoms with Gasteiger partial charge in [0.05, 0.1) is 4.92 Å². The van der Waals surface area contributed by atoms with Gasteiger partial charge in [-0.25, -0.2) is 0 Å². The van der Waals surface area contributed by atoms with Gasteiger partial charge in [0.2, 0.25) is 0 Å². The van der Waals surface area contributed by atoms with Gasteiger partial charge in [-0.3, -0.25) is 10.1 Å². The number of nitro benzene ring substituents is 1. The fourth-order valence-electron chi connectivity index (χ4n) is 2.78. The first kappa shape index (κ1) is 16.7. The summed E-state index contributed by atoms with van der Waals surface area (Å²) in [6.45, 7) is 6.60. The number of non-ortho nitro benzene ring substituents is 1. The van der Waals surface area contributed by atoms with Crippen LogP contribution in [0.25, 0.3) is 0 Å². The molecular weight excluding hydrogens is 270 g/mol. The summed E-state index contributed by atoms with van der Waals surface area (Å²) < 4.78 is 6.37. The Bertz CT molecular complexity index is 403. The lowest BCUT2D eigenvalue weighted by molar-refractivity contribution is -0.384. The molecule has 0 unspecified atom stereocenters. The predicted octanol–water partition coefficient (Wildman–Crippen LogP) is 5.15. The molecule has 4 nitrogen and oxygen atoms in total. The quantitative estimate of drug-likeness (QED) is 0.359. The third-order valence-corrected chi connectivity index (χ3v) is 8.40. The maximum atomic E-state index is 10.7. The lowest BCUT2D eigenvalue weighted by Gasteiger charge is -2.31. The molecular formula is C15H25NO3Si. The summed E-state index contributed by atoms with van der Waals surface area (Å²) >= 11 is 0. The van der Waals surface area contributed by atoms with E-state index >= 15 is 0 Å². The molecule has 0 aliphatic rings. The highest BCUT2D eigenvalue weighted by Crippen LogP contribution is 2.30. The minimum atomic E-state index is -1.75. The van der Waals surface area contributed by atoms with Crippen molar-refractivity contribution in [2.75, 3.05) is 0 Å². The van der Waals surface area contributed by atoms with Crippen molar-refractivity contribution in [3.05, 3.63) is 34.4 Å². The predicted molar refractivity (Wildman–Crippen MR) is 84.8 cm³/mol. The summed E-state index contributed by atoms with van der Waals surface area (Å²) in [5, 5.41) is 10.7. The van der Waals surface area contributed by atoms with Crippen molar-refractivity contribution in [2.24, 2.45) is 0 Å². The molecule has 0 aliphatic heterocycles. The summed E-state index contributed by atoms with van der Waals surface area (Å²) in [4.78, 5) is 10.3. The highest BCUT2D eigenvalue weighted by Gasteiger charge is 2.34. The van der Waals surface area contributed by atoms with Crippen LogP contribution in [-0.2, 0) is 0 Å². The fourth-order valence-corrected chi connectivity index (χ4v) is 7.21. The van der Waals surface area contributed by atoms with Crippen molar-refractivity contribution in [2.45, 2.75) is 58.2 Å². The second-order valence-electron chi connectivity index (χ2n) is 5.29. The van der Waals surface area contributed by atoms with Crippen molar-refractivity contribution in [3.63, 3.8) is 0 Å². The Balaban J connectivity index is 2.89. The highest BCUT2D eigenvalue weighted by molar-refractivity contribution is 6.74. The Kier molecular flexibility index (Phi) is 6.71. The highest BCUT2D eigenvalue weighted by atomic mass is 28.4. The Hall–Kier alpha value is -1.36. The molecule has 20 heavy (non-hydrogen) atoms. The molecule has 1 aromatic carbocycles. The van der Waals surface area contributed by atoms with Crippen LogP contribution >= 0.6 is 0 Å². The van der Waals surface area contributed by atoms with Gasteiger partial charge in [-0.1, -0.05) is 40.0 Å². The van der Waals surface area contributed by atoms with Crippen molar-refractivity contribution >= 4 is 14.0 Å². The molecule has 0 spiro atoms. The largest absolute Gasteiger partial charge is 0.543 e. The molecule has 0 N–H and O–H groups in total. The molecule has 0 radical (unpaired) electrons. The van der Waals surface area contributed by atoms with E-state index in [9.17, 15) is 10.1 Å². The average Bonchev–Trinajstić information content (AvgIpc) is 2.40. The third-order valence-electron chi connectivity index (χ3n) is 3.50. The van der Waals surface area contributed by atoms with Crippen LogP contribution in [-0.4, -0.2) is 13.2 Å². The van der Waals surface area contributed by atoms with E-state index in [0.29, 0.717) is 0 Å². The average molecular weight is 295 g/mol. The Morgan fingerprint density at radius 2 is 1.45 bits per heavy atom. The van der Waals surface area contributed by atoms with E-state index < -0.39 is 8.32 Å². The first-order valence-corrected chi connectivity index (χ1v) is 10.0. The summed E-state index contributed by atoms with van der Waals surface area (Å²) in [5.74, 6) is 0.789. The number of nitrogens with zero attached hydrogens (tertiary/aromatic N) is 1. The van der Waals surface area contributed by atoms with Crippen LogP contribution in [0.2, 0.25) is 18.1 Å². The van der Waals surface area contributed by atoms with E-state index in [-0.39, 0.29) is 10.6 Å². The molecule has 0 bridgehead atoms. The zero-order chi connectivity index (χ0) is 15.0.